The summed E-state index contributed by atoms with van der Waals surface area (Å²) in [7, 11) is 0. The number of nitrogens with zero attached hydrogens (tertiary/aromatic N) is 1. The third-order valence-corrected chi connectivity index (χ3v) is 3.29. The van der Waals surface area contributed by atoms with Crippen molar-refractivity contribution in [2.24, 2.45) is 0 Å². The highest BCUT2D eigenvalue weighted by Crippen LogP contribution is 2.29. The molecule has 0 saturated carbocycles. The molecule has 86 valence electrons. The summed E-state index contributed by atoms with van der Waals surface area (Å²) in [6.07, 6.45) is 0.591. The van der Waals surface area contributed by atoms with Crippen molar-refractivity contribution in [1.82, 2.24) is 10.3 Å². The topological polar surface area (TPSA) is 42.0 Å². The molecular weight excluding hydrogens is 212 g/mol. The molecule has 2 aromatic rings. The van der Waals surface area contributed by atoms with Crippen LogP contribution in [0, 0.1) is 6.92 Å². The molecule has 1 N–H and O–H groups in total. The van der Waals surface area contributed by atoms with Crippen molar-refractivity contribution in [1.29, 1.82) is 0 Å². The van der Waals surface area contributed by atoms with Crippen LogP contribution in [0.1, 0.15) is 23.6 Å². The lowest BCUT2D eigenvalue weighted by Crippen LogP contribution is -2.13. The summed E-state index contributed by atoms with van der Waals surface area (Å²) in [5.41, 5.74) is 3.27. The number of pyridine rings is 1. The number of hydrogen-bond acceptors (Lipinski definition) is 2. The van der Waals surface area contributed by atoms with Gasteiger partial charge in [0.2, 0.25) is 5.91 Å². The standard InChI is InChI=1S/C14H14N2O/c1-9-6-12(10-7-14(17)15-8-10)11-4-2-3-5-13(11)16-9/h2-6,10H,7-8H2,1H3,(H,15,17). The first-order valence-electron chi connectivity index (χ1n) is 5.87. The molecule has 1 aromatic heterocycles. The summed E-state index contributed by atoms with van der Waals surface area (Å²) in [4.78, 5) is 15.8. The smallest absolute Gasteiger partial charge is 0.220 e. The minimum Gasteiger partial charge on any atom is -0.355 e. The van der Waals surface area contributed by atoms with E-state index >= 15 is 0 Å². The molecule has 3 heteroatoms. The summed E-state index contributed by atoms with van der Waals surface area (Å²) < 4.78 is 0. The van der Waals surface area contributed by atoms with Gasteiger partial charge >= 0.3 is 0 Å². The lowest BCUT2D eigenvalue weighted by atomic mass is 9.94. The number of aryl methyl sites for hydroxylation is 1. The largest absolute Gasteiger partial charge is 0.355 e. The van der Waals surface area contributed by atoms with Crippen LogP contribution in [-0.2, 0) is 4.79 Å². The average Bonchev–Trinajstić information content (AvgIpc) is 2.74. The number of fused-ring (bicyclic) bond motifs is 1. The Labute approximate surface area is 99.9 Å². The average molecular weight is 226 g/mol. The zero-order valence-electron chi connectivity index (χ0n) is 9.73. The van der Waals surface area contributed by atoms with E-state index in [2.05, 4.69) is 22.4 Å². The maximum atomic E-state index is 11.3. The number of nitrogens with one attached hydrogen (secondary N) is 1. The molecule has 1 fully saturated rings. The molecule has 3 rings (SSSR count). The van der Waals surface area contributed by atoms with E-state index in [-0.39, 0.29) is 11.8 Å². The van der Waals surface area contributed by atoms with Crippen LogP contribution < -0.4 is 5.32 Å². The van der Waals surface area contributed by atoms with Crippen LogP contribution in [-0.4, -0.2) is 17.4 Å². The Morgan fingerprint density at radius 3 is 2.94 bits per heavy atom. The Balaban J connectivity index is 2.17. The normalized spacial score (nSPS) is 19.6. The highest BCUT2D eigenvalue weighted by atomic mass is 16.1. The second-order valence-electron chi connectivity index (χ2n) is 4.58. The lowest BCUT2D eigenvalue weighted by Gasteiger charge is -2.12. The van der Waals surface area contributed by atoms with Gasteiger partial charge in [-0.05, 0) is 24.6 Å². The molecule has 0 aliphatic carbocycles. The fraction of sp³-hybridized carbons (Fsp3) is 0.286. The molecule has 1 aliphatic rings. The molecule has 1 aliphatic heterocycles. The van der Waals surface area contributed by atoms with E-state index in [4.69, 9.17) is 0 Å². The first-order chi connectivity index (χ1) is 8.24. The Kier molecular flexibility index (Phi) is 2.32. The van der Waals surface area contributed by atoms with Gasteiger partial charge in [0.1, 0.15) is 0 Å². The second kappa shape index (κ2) is 3.84. The number of rotatable bonds is 1. The fourth-order valence-electron chi connectivity index (χ4n) is 2.50. The van der Waals surface area contributed by atoms with Gasteiger partial charge in [0, 0.05) is 30.0 Å². The van der Waals surface area contributed by atoms with E-state index in [1.54, 1.807) is 0 Å². The molecule has 0 radical (unpaired) electrons. The van der Waals surface area contributed by atoms with Gasteiger partial charge in [0.15, 0.2) is 0 Å². The molecule has 1 atom stereocenters. The summed E-state index contributed by atoms with van der Waals surface area (Å²) >= 11 is 0. The SMILES string of the molecule is Cc1cc(C2CNC(=O)C2)c2ccccc2n1. The van der Waals surface area contributed by atoms with E-state index in [1.807, 2.05) is 25.1 Å². The van der Waals surface area contributed by atoms with Gasteiger partial charge in [-0.25, -0.2) is 0 Å². The van der Waals surface area contributed by atoms with Crippen molar-refractivity contribution in [3.05, 3.63) is 41.6 Å². The maximum Gasteiger partial charge on any atom is 0.220 e. The predicted octanol–water partition coefficient (Wildman–Crippen LogP) is 2.15. The molecule has 1 aromatic carbocycles. The van der Waals surface area contributed by atoms with Crippen molar-refractivity contribution in [2.45, 2.75) is 19.3 Å². The molecule has 1 unspecified atom stereocenters. The monoisotopic (exact) mass is 226 g/mol. The van der Waals surface area contributed by atoms with Gasteiger partial charge in [-0.3, -0.25) is 9.78 Å². The van der Waals surface area contributed by atoms with Crippen molar-refractivity contribution < 1.29 is 4.79 Å². The third-order valence-electron chi connectivity index (χ3n) is 3.29. The Morgan fingerprint density at radius 2 is 2.18 bits per heavy atom. The van der Waals surface area contributed by atoms with Crippen molar-refractivity contribution >= 4 is 16.8 Å². The summed E-state index contributed by atoms with van der Waals surface area (Å²) in [5.74, 6) is 0.433. The van der Waals surface area contributed by atoms with Gasteiger partial charge in [0.05, 0.1) is 5.52 Å². The van der Waals surface area contributed by atoms with Gasteiger partial charge in [-0.15, -0.1) is 0 Å². The predicted molar refractivity (Wildman–Crippen MR) is 66.8 cm³/mol. The van der Waals surface area contributed by atoms with Gasteiger partial charge in [-0.1, -0.05) is 18.2 Å². The van der Waals surface area contributed by atoms with E-state index in [9.17, 15) is 4.79 Å². The summed E-state index contributed by atoms with van der Waals surface area (Å²) in [5, 5.41) is 4.06. The van der Waals surface area contributed by atoms with Crippen LogP contribution in [0.2, 0.25) is 0 Å². The van der Waals surface area contributed by atoms with E-state index < -0.39 is 0 Å². The molecule has 2 heterocycles. The first-order valence-corrected chi connectivity index (χ1v) is 5.87. The Hall–Kier alpha value is -1.90. The molecule has 1 saturated heterocycles. The molecule has 1 amide bonds. The lowest BCUT2D eigenvalue weighted by molar-refractivity contribution is -0.119. The van der Waals surface area contributed by atoms with Crippen molar-refractivity contribution in [3.63, 3.8) is 0 Å². The molecule has 17 heavy (non-hydrogen) atoms. The zero-order chi connectivity index (χ0) is 11.8. The van der Waals surface area contributed by atoms with Gasteiger partial charge in [-0.2, -0.15) is 0 Å². The van der Waals surface area contributed by atoms with E-state index in [0.717, 1.165) is 17.8 Å². The minimum atomic E-state index is 0.147. The maximum absolute atomic E-state index is 11.3. The quantitative estimate of drug-likeness (QED) is 0.809. The summed E-state index contributed by atoms with van der Waals surface area (Å²) in [6.45, 7) is 2.74. The fourth-order valence-corrected chi connectivity index (χ4v) is 2.50. The summed E-state index contributed by atoms with van der Waals surface area (Å²) in [6, 6.07) is 10.2. The Bertz CT molecular complexity index is 592. The van der Waals surface area contributed by atoms with E-state index in [1.165, 1.54) is 10.9 Å². The number of benzene rings is 1. The van der Waals surface area contributed by atoms with Crippen molar-refractivity contribution in [3.8, 4) is 0 Å². The molecule has 0 spiro atoms. The minimum absolute atomic E-state index is 0.147. The zero-order valence-corrected chi connectivity index (χ0v) is 9.73. The van der Waals surface area contributed by atoms with Crippen LogP contribution in [0.3, 0.4) is 0 Å². The van der Waals surface area contributed by atoms with E-state index in [0.29, 0.717) is 6.42 Å². The second-order valence-corrected chi connectivity index (χ2v) is 4.58. The van der Waals surface area contributed by atoms with Crippen LogP contribution in [0.5, 0.6) is 0 Å². The third kappa shape index (κ3) is 1.78. The number of amides is 1. The number of carbonyl (C=O) groups is 1. The van der Waals surface area contributed by atoms with Crippen molar-refractivity contribution in [2.75, 3.05) is 6.54 Å². The highest BCUT2D eigenvalue weighted by molar-refractivity contribution is 5.86. The highest BCUT2D eigenvalue weighted by Gasteiger charge is 2.24. The number of para-hydroxylation sites is 1. The number of hydrogen-bond donors (Lipinski definition) is 1. The molecule has 3 nitrogen and oxygen atoms in total. The van der Waals surface area contributed by atoms with Gasteiger partial charge < -0.3 is 5.32 Å². The van der Waals surface area contributed by atoms with Crippen LogP contribution in [0.4, 0.5) is 0 Å². The van der Waals surface area contributed by atoms with Crippen LogP contribution in [0.15, 0.2) is 30.3 Å². The van der Waals surface area contributed by atoms with Gasteiger partial charge in [0.25, 0.3) is 0 Å². The number of aromatic nitrogens is 1. The first kappa shape index (κ1) is 10.3. The molecular formula is C14H14N2O. The number of carbonyl (C=O) groups excluding carboxylic acids is 1. The molecule has 0 bridgehead atoms. The Morgan fingerprint density at radius 1 is 1.35 bits per heavy atom. The van der Waals surface area contributed by atoms with Crippen LogP contribution >= 0.6 is 0 Å². The van der Waals surface area contributed by atoms with Crippen LogP contribution in [0.25, 0.3) is 10.9 Å².